The van der Waals surface area contributed by atoms with E-state index in [1.54, 1.807) is 0 Å². The van der Waals surface area contributed by atoms with E-state index in [-0.39, 0.29) is 28.4 Å². The molecule has 1 unspecified atom stereocenters. The van der Waals surface area contributed by atoms with Gasteiger partial charge in [-0.2, -0.15) is 13.2 Å². The van der Waals surface area contributed by atoms with E-state index in [2.05, 4.69) is 26.6 Å². The third-order valence-corrected chi connectivity index (χ3v) is 5.42. The van der Waals surface area contributed by atoms with Crippen LogP contribution in [0.3, 0.4) is 0 Å². The summed E-state index contributed by atoms with van der Waals surface area (Å²) >= 11 is 3.17. The number of fused-ring (bicyclic) bond motifs is 1. The van der Waals surface area contributed by atoms with Crippen molar-refractivity contribution in [1.82, 2.24) is 5.32 Å². The smallest absolute Gasteiger partial charge is 0.341 e. The van der Waals surface area contributed by atoms with Gasteiger partial charge in [-0.3, -0.25) is 9.59 Å². The zero-order valence-corrected chi connectivity index (χ0v) is 17.7. The number of carbonyl (C=O) groups is 2. The van der Waals surface area contributed by atoms with Crippen LogP contribution >= 0.6 is 15.9 Å². The maximum Gasteiger partial charge on any atom is 0.416 e. The summed E-state index contributed by atoms with van der Waals surface area (Å²) in [5, 5.41) is 4.84. The number of rotatable bonds is 3. The van der Waals surface area contributed by atoms with Crippen LogP contribution in [0.4, 0.5) is 32.0 Å². The molecular weight excluding hydrogens is 518 g/mol. The SMILES string of the molecule is O=C(Nc1cc(Br)cc2c1C(c1cc(F)ccc1F)NC2=O)c1cc(F)cc(C(F)(F)F)c1. The Labute approximate surface area is 190 Å². The minimum absolute atomic E-state index is 0.0311. The van der Waals surface area contributed by atoms with Crippen LogP contribution in [0.15, 0.2) is 53.0 Å². The number of hydrogen-bond acceptors (Lipinski definition) is 2. The summed E-state index contributed by atoms with van der Waals surface area (Å²) in [6.45, 7) is 0. The fourth-order valence-corrected chi connectivity index (χ4v) is 4.01. The second-order valence-electron chi connectivity index (χ2n) is 7.17. The number of benzene rings is 3. The Morgan fingerprint density at radius 1 is 0.970 bits per heavy atom. The van der Waals surface area contributed by atoms with Crippen LogP contribution in [0, 0.1) is 17.5 Å². The van der Waals surface area contributed by atoms with Crippen LogP contribution in [0.25, 0.3) is 0 Å². The van der Waals surface area contributed by atoms with E-state index < -0.39 is 52.6 Å². The fraction of sp³-hybridized carbons (Fsp3) is 0.0909. The number of amides is 2. The lowest BCUT2D eigenvalue weighted by Gasteiger charge is -2.18. The Kier molecular flexibility index (Phi) is 5.69. The molecule has 1 aliphatic rings. The highest BCUT2D eigenvalue weighted by molar-refractivity contribution is 9.10. The third kappa shape index (κ3) is 4.45. The number of halogens is 7. The predicted molar refractivity (Wildman–Crippen MR) is 109 cm³/mol. The Hall–Kier alpha value is -3.34. The lowest BCUT2D eigenvalue weighted by molar-refractivity contribution is -0.137. The number of alkyl halides is 3. The van der Waals surface area contributed by atoms with Gasteiger partial charge in [0.05, 0.1) is 11.6 Å². The van der Waals surface area contributed by atoms with Crippen molar-refractivity contribution in [2.75, 3.05) is 5.32 Å². The lowest BCUT2D eigenvalue weighted by atomic mass is 9.95. The second-order valence-corrected chi connectivity index (χ2v) is 8.08. The zero-order valence-electron chi connectivity index (χ0n) is 16.2. The maximum atomic E-state index is 14.4. The van der Waals surface area contributed by atoms with Gasteiger partial charge in [0.2, 0.25) is 0 Å². The normalized spacial score (nSPS) is 15.2. The molecule has 1 atom stereocenters. The first-order valence-corrected chi connectivity index (χ1v) is 10.0. The number of hydrogen-bond donors (Lipinski definition) is 2. The van der Waals surface area contributed by atoms with Gasteiger partial charge < -0.3 is 10.6 Å². The van der Waals surface area contributed by atoms with Crippen molar-refractivity contribution in [3.8, 4) is 0 Å². The molecule has 0 radical (unpaired) electrons. The van der Waals surface area contributed by atoms with Crippen LogP contribution in [0.1, 0.15) is 43.4 Å². The molecule has 11 heteroatoms. The van der Waals surface area contributed by atoms with Crippen molar-refractivity contribution in [2.24, 2.45) is 0 Å². The molecule has 33 heavy (non-hydrogen) atoms. The molecule has 0 saturated heterocycles. The highest BCUT2D eigenvalue weighted by atomic mass is 79.9. The molecule has 0 aromatic heterocycles. The second kappa shape index (κ2) is 8.22. The quantitative estimate of drug-likeness (QED) is 0.411. The highest BCUT2D eigenvalue weighted by Crippen LogP contribution is 2.40. The molecule has 0 spiro atoms. The summed E-state index contributed by atoms with van der Waals surface area (Å²) in [6, 6.07) is 5.53. The Morgan fingerprint density at radius 3 is 2.39 bits per heavy atom. The average Bonchev–Trinajstić information content (AvgIpc) is 3.05. The van der Waals surface area contributed by atoms with Crippen LogP contribution in [-0.2, 0) is 6.18 Å². The summed E-state index contributed by atoms with van der Waals surface area (Å²) < 4.78 is 81.3. The first-order valence-electron chi connectivity index (χ1n) is 9.22. The fourth-order valence-electron chi connectivity index (χ4n) is 3.55. The first kappa shape index (κ1) is 22.8. The first-order chi connectivity index (χ1) is 15.4. The molecule has 1 aliphatic heterocycles. The summed E-state index contributed by atoms with van der Waals surface area (Å²) in [5.41, 5.74) is -2.15. The maximum absolute atomic E-state index is 14.4. The summed E-state index contributed by atoms with van der Waals surface area (Å²) in [5.74, 6) is -4.60. The molecule has 3 aromatic carbocycles. The van der Waals surface area contributed by atoms with E-state index in [0.717, 1.165) is 18.2 Å². The van der Waals surface area contributed by atoms with Gasteiger partial charge in [0, 0.05) is 32.4 Å². The largest absolute Gasteiger partial charge is 0.416 e. The number of nitrogens with one attached hydrogen (secondary N) is 2. The van der Waals surface area contributed by atoms with Crippen molar-refractivity contribution in [3.05, 3.63) is 98.3 Å². The van der Waals surface area contributed by atoms with Crippen molar-refractivity contribution >= 4 is 33.4 Å². The molecule has 170 valence electrons. The average molecular weight is 529 g/mol. The van der Waals surface area contributed by atoms with Crippen LogP contribution in [0.2, 0.25) is 0 Å². The van der Waals surface area contributed by atoms with Crippen LogP contribution < -0.4 is 10.6 Å². The monoisotopic (exact) mass is 528 g/mol. The summed E-state index contributed by atoms with van der Waals surface area (Å²) in [4.78, 5) is 25.2. The molecule has 2 N–H and O–H groups in total. The standard InChI is InChI=1S/C22H11BrF6N2O2/c23-11-6-15-18(19(31-21(15)33)14-8-12(24)1-2-16(14)26)17(7-11)30-20(32)9-3-10(22(27,28)29)5-13(25)4-9/h1-8,19H,(H,30,32)(H,31,33). The molecule has 4 rings (SSSR count). The van der Waals surface area contributed by atoms with Gasteiger partial charge in [0.15, 0.2) is 0 Å². The van der Waals surface area contributed by atoms with Crippen molar-refractivity contribution < 1.29 is 35.9 Å². The molecule has 0 bridgehead atoms. The zero-order chi connectivity index (χ0) is 24.1. The number of anilines is 1. The van der Waals surface area contributed by atoms with Gasteiger partial charge in [-0.05, 0) is 48.5 Å². The molecule has 0 fully saturated rings. The van der Waals surface area contributed by atoms with E-state index in [0.29, 0.717) is 16.6 Å². The molecular formula is C22H11BrF6N2O2. The van der Waals surface area contributed by atoms with Crippen molar-refractivity contribution in [2.45, 2.75) is 12.2 Å². The van der Waals surface area contributed by atoms with Gasteiger partial charge in [-0.25, -0.2) is 13.2 Å². The molecule has 1 heterocycles. The Bertz CT molecular complexity index is 1310. The van der Waals surface area contributed by atoms with Crippen LogP contribution in [-0.4, -0.2) is 11.8 Å². The minimum atomic E-state index is -4.88. The molecule has 4 nitrogen and oxygen atoms in total. The minimum Gasteiger partial charge on any atom is -0.341 e. The molecule has 3 aromatic rings. The van der Waals surface area contributed by atoms with Gasteiger partial charge in [-0.15, -0.1) is 0 Å². The van der Waals surface area contributed by atoms with Gasteiger partial charge >= 0.3 is 6.18 Å². The van der Waals surface area contributed by atoms with Gasteiger partial charge in [0.1, 0.15) is 17.5 Å². The van der Waals surface area contributed by atoms with E-state index in [1.807, 2.05) is 0 Å². The molecule has 2 amide bonds. The highest BCUT2D eigenvalue weighted by Gasteiger charge is 2.36. The summed E-state index contributed by atoms with van der Waals surface area (Å²) in [7, 11) is 0. The van der Waals surface area contributed by atoms with E-state index in [9.17, 15) is 35.9 Å². The molecule has 0 saturated carbocycles. The Balaban J connectivity index is 1.79. The lowest BCUT2D eigenvalue weighted by Crippen LogP contribution is -2.22. The van der Waals surface area contributed by atoms with Crippen molar-refractivity contribution in [3.63, 3.8) is 0 Å². The van der Waals surface area contributed by atoms with E-state index in [4.69, 9.17) is 0 Å². The number of carbonyl (C=O) groups excluding carboxylic acids is 2. The van der Waals surface area contributed by atoms with Gasteiger partial charge in [-0.1, -0.05) is 15.9 Å². The topological polar surface area (TPSA) is 58.2 Å². The van der Waals surface area contributed by atoms with Crippen LogP contribution in [0.5, 0.6) is 0 Å². The van der Waals surface area contributed by atoms with Crippen molar-refractivity contribution in [1.29, 1.82) is 0 Å². The third-order valence-electron chi connectivity index (χ3n) is 4.96. The van der Waals surface area contributed by atoms with E-state index in [1.165, 1.54) is 12.1 Å². The summed E-state index contributed by atoms with van der Waals surface area (Å²) in [6.07, 6.45) is -4.88. The van der Waals surface area contributed by atoms with Gasteiger partial charge in [0.25, 0.3) is 11.8 Å². The van der Waals surface area contributed by atoms with E-state index >= 15 is 0 Å². The predicted octanol–water partition coefficient (Wildman–Crippen LogP) is 5.97. The molecule has 0 aliphatic carbocycles. The Morgan fingerprint density at radius 2 is 1.70 bits per heavy atom.